The number of hydrogen-bond donors (Lipinski definition) is 2. The van der Waals surface area contributed by atoms with Crippen molar-refractivity contribution in [2.45, 2.75) is 39.7 Å². The number of anilines is 1. The van der Waals surface area contributed by atoms with E-state index in [0.717, 1.165) is 12.8 Å². The molecule has 0 spiro atoms. The molecule has 4 nitrogen and oxygen atoms in total. The first-order valence-corrected chi connectivity index (χ1v) is 7.36. The van der Waals surface area contributed by atoms with Crippen LogP contribution in [0.3, 0.4) is 0 Å². The maximum atomic E-state index is 12.1. The maximum Gasteiger partial charge on any atom is 0.241 e. The molecule has 0 aliphatic carbocycles. The van der Waals surface area contributed by atoms with Crippen LogP contribution in [-0.2, 0) is 4.79 Å². The minimum absolute atomic E-state index is 0.120. The standard InChI is InChI=1S/C15H23ClN2O2/c1-4-8-20-13-7-6-11(16)9-12(13)18-15(19)14(17)10(3)5-2/h6-7,9-10,14H,4-5,8,17H2,1-3H3,(H,18,19). The van der Waals surface area contributed by atoms with Crippen LogP contribution >= 0.6 is 11.6 Å². The van der Waals surface area contributed by atoms with Crippen LogP contribution in [0.1, 0.15) is 33.6 Å². The molecule has 0 aromatic heterocycles. The molecule has 1 aromatic carbocycles. The number of benzene rings is 1. The van der Waals surface area contributed by atoms with Gasteiger partial charge in [0.15, 0.2) is 0 Å². The molecule has 2 atom stereocenters. The Labute approximate surface area is 125 Å². The highest BCUT2D eigenvalue weighted by Gasteiger charge is 2.20. The smallest absolute Gasteiger partial charge is 0.241 e. The highest BCUT2D eigenvalue weighted by Crippen LogP contribution is 2.28. The van der Waals surface area contributed by atoms with E-state index in [0.29, 0.717) is 23.1 Å². The molecule has 0 radical (unpaired) electrons. The Hall–Kier alpha value is -1.26. The summed E-state index contributed by atoms with van der Waals surface area (Å²) in [6.07, 6.45) is 1.74. The van der Waals surface area contributed by atoms with E-state index in [-0.39, 0.29) is 11.8 Å². The molecule has 1 aromatic rings. The number of hydrogen-bond acceptors (Lipinski definition) is 3. The number of halogens is 1. The molecule has 0 bridgehead atoms. The van der Waals surface area contributed by atoms with Gasteiger partial charge in [-0.15, -0.1) is 0 Å². The summed E-state index contributed by atoms with van der Waals surface area (Å²) >= 11 is 5.97. The van der Waals surface area contributed by atoms with Gasteiger partial charge in [-0.1, -0.05) is 38.8 Å². The highest BCUT2D eigenvalue weighted by molar-refractivity contribution is 6.31. The number of amides is 1. The lowest BCUT2D eigenvalue weighted by Crippen LogP contribution is -2.40. The van der Waals surface area contributed by atoms with Gasteiger partial charge >= 0.3 is 0 Å². The number of nitrogens with two attached hydrogens (primary N) is 1. The molecule has 112 valence electrons. The van der Waals surface area contributed by atoms with E-state index in [4.69, 9.17) is 22.1 Å². The third kappa shape index (κ3) is 4.69. The Balaban J connectivity index is 2.84. The van der Waals surface area contributed by atoms with Crippen LogP contribution in [0.2, 0.25) is 5.02 Å². The van der Waals surface area contributed by atoms with Crippen LogP contribution in [-0.4, -0.2) is 18.6 Å². The van der Waals surface area contributed by atoms with Crippen molar-refractivity contribution in [1.82, 2.24) is 0 Å². The molecule has 0 aliphatic rings. The van der Waals surface area contributed by atoms with E-state index in [9.17, 15) is 4.79 Å². The summed E-state index contributed by atoms with van der Waals surface area (Å²) in [5, 5.41) is 3.34. The minimum Gasteiger partial charge on any atom is -0.491 e. The summed E-state index contributed by atoms with van der Waals surface area (Å²) in [4.78, 5) is 12.1. The van der Waals surface area contributed by atoms with Crippen LogP contribution in [0.4, 0.5) is 5.69 Å². The molecule has 0 heterocycles. The van der Waals surface area contributed by atoms with Gasteiger partial charge in [-0.25, -0.2) is 0 Å². The molecule has 0 fully saturated rings. The molecule has 0 aliphatic heterocycles. The van der Waals surface area contributed by atoms with Gasteiger partial charge in [0.25, 0.3) is 0 Å². The molecule has 2 unspecified atom stereocenters. The predicted molar refractivity (Wildman–Crippen MR) is 83.3 cm³/mol. The predicted octanol–water partition coefficient (Wildman–Crippen LogP) is 3.44. The third-order valence-electron chi connectivity index (χ3n) is 3.22. The summed E-state index contributed by atoms with van der Waals surface area (Å²) in [6.45, 7) is 6.57. The Morgan fingerprint density at radius 1 is 1.45 bits per heavy atom. The zero-order valence-electron chi connectivity index (χ0n) is 12.3. The van der Waals surface area contributed by atoms with E-state index < -0.39 is 6.04 Å². The second kappa shape index (κ2) is 8.12. The molecule has 3 N–H and O–H groups in total. The van der Waals surface area contributed by atoms with Crippen molar-refractivity contribution in [3.05, 3.63) is 23.2 Å². The van der Waals surface area contributed by atoms with Gasteiger partial charge in [0.2, 0.25) is 5.91 Å². The summed E-state index contributed by atoms with van der Waals surface area (Å²) in [5.74, 6) is 0.512. The molecule has 1 rings (SSSR count). The summed E-state index contributed by atoms with van der Waals surface area (Å²) < 4.78 is 5.59. The highest BCUT2D eigenvalue weighted by atomic mass is 35.5. The summed E-state index contributed by atoms with van der Waals surface area (Å²) in [5.41, 5.74) is 6.49. The van der Waals surface area contributed by atoms with E-state index >= 15 is 0 Å². The van der Waals surface area contributed by atoms with Crippen molar-refractivity contribution in [2.75, 3.05) is 11.9 Å². The average Bonchev–Trinajstić information content (AvgIpc) is 2.44. The van der Waals surface area contributed by atoms with Crippen molar-refractivity contribution in [3.8, 4) is 5.75 Å². The van der Waals surface area contributed by atoms with Crippen molar-refractivity contribution >= 4 is 23.2 Å². The second-order valence-corrected chi connectivity index (χ2v) is 5.33. The van der Waals surface area contributed by atoms with Gasteiger partial charge in [-0.3, -0.25) is 4.79 Å². The van der Waals surface area contributed by atoms with Gasteiger partial charge in [-0.05, 0) is 30.5 Å². The molecule has 20 heavy (non-hydrogen) atoms. The number of nitrogens with one attached hydrogen (secondary N) is 1. The molecular formula is C15H23ClN2O2. The van der Waals surface area contributed by atoms with Gasteiger partial charge in [0, 0.05) is 5.02 Å². The SMILES string of the molecule is CCCOc1ccc(Cl)cc1NC(=O)C(N)C(C)CC. The van der Waals surface area contributed by atoms with Crippen molar-refractivity contribution in [1.29, 1.82) is 0 Å². The topological polar surface area (TPSA) is 64.3 Å². The molecule has 1 amide bonds. The van der Waals surface area contributed by atoms with Gasteiger partial charge in [-0.2, -0.15) is 0 Å². The van der Waals surface area contributed by atoms with E-state index in [2.05, 4.69) is 5.32 Å². The van der Waals surface area contributed by atoms with Crippen LogP contribution in [0.5, 0.6) is 5.75 Å². The van der Waals surface area contributed by atoms with Crippen molar-refractivity contribution in [3.63, 3.8) is 0 Å². The summed E-state index contributed by atoms with van der Waals surface area (Å²) in [6, 6.07) is 4.62. The third-order valence-corrected chi connectivity index (χ3v) is 3.46. The molecule has 0 saturated carbocycles. The Bertz CT molecular complexity index is 451. The first-order chi connectivity index (χ1) is 9.49. The quantitative estimate of drug-likeness (QED) is 0.810. The molecule has 0 saturated heterocycles. The van der Waals surface area contributed by atoms with Crippen molar-refractivity contribution < 1.29 is 9.53 Å². The Morgan fingerprint density at radius 2 is 2.15 bits per heavy atom. The normalized spacial score (nSPS) is 13.7. The van der Waals surface area contributed by atoms with Crippen LogP contribution in [0.15, 0.2) is 18.2 Å². The monoisotopic (exact) mass is 298 g/mol. The molecular weight excluding hydrogens is 276 g/mol. The average molecular weight is 299 g/mol. The number of carbonyl (C=O) groups is 1. The van der Waals surface area contributed by atoms with Crippen LogP contribution < -0.4 is 15.8 Å². The lowest BCUT2D eigenvalue weighted by molar-refractivity contribution is -0.118. The number of ether oxygens (including phenoxy) is 1. The van der Waals surface area contributed by atoms with E-state index in [1.807, 2.05) is 20.8 Å². The lowest BCUT2D eigenvalue weighted by Gasteiger charge is -2.19. The van der Waals surface area contributed by atoms with Crippen LogP contribution in [0, 0.1) is 5.92 Å². The number of rotatable bonds is 7. The zero-order chi connectivity index (χ0) is 15.1. The second-order valence-electron chi connectivity index (χ2n) is 4.89. The van der Waals surface area contributed by atoms with Gasteiger partial charge in [0.05, 0.1) is 18.3 Å². The van der Waals surface area contributed by atoms with Crippen molar-refractivity contribution in [2.24, 2.45) is 11.7 Å². The van der Waals surface area contributed by atoms with E-state index in [1.54, 1.807) is 18.2 Å². The Morgan fingerprint density at radius 3 is 2.75 bits per heavy atom. The largest absolute Gasteiger partial charge is 0.491 e. The lowest BCUT2D eigenvalue weighted by atomic mass is 9.99. The summed E-state index contributed by atoms with van der Waals surface area (Å²) in [7, 11) is 0. The molecule has 5 heteroatoms. The van der Waals surface area contributed by atoms with Gasteiger partial charge < -0.3 is 15.8 Å². The van der Waals surface area contributed by atoms with Gasteiger partial charge in [0.1, 0.15) is 5.75 Å². The first kappa shape index (κ1) is 16.8. The fraction of sp³-hybridized carbons (Fsp3) is 0.533. The fourth-order valence-electron chi connectivity index (χ4n) is 1.67. The maximum absolute atomic E-state index is 12.1. The minimum atomic E-state index is -0.544. The van der Waals surface area contributed by atoms with Crippen LogP contribution in [0.25, 0.3) is 0 Å². The first-order valence-electron chi connectivity index (χ1n) is 6.98. The van der Waals surface area contributed by atoms with E-state index in [1.165, 1.54) is 0 Å². The Kier molecular flexibility index (Phi) is 6.82. The number of carbonyl (C=O) groups excluding carboxylic acids is 1. The zero-order valence-corrected chi connectivity index (χ0v) is 13.0. The fourth-order valence-corrected chi connectivity index (χ4v) is 1.84.